The third-order valence-electron chi connectivity index (χ3n) is 5.98. The summed E-state index contributed by atoms with van der Waals surface area (Å²) in [6.07, 6.45) is 1.29. The summed E-state index contributed by atoms with van der Waals surface area (Å²) in [5.41, 5.74) is 2.34. The number of carbonyl (C=O) groups is 3. The van der Waals surface area contributed by atoms with Gasteiger partial charge in [0.1, 0.15) is 18.3 Å². The van der Waals surface area contributed by atoms with Gasteiger partial charge in [0, 0.05) is 29.5 Å². The first-order valence-electron chi connectivity index (χ1n) is 11.1. The summed E-state index contributed by atoms with van der Waals surface area (Å²) in [6.45, 7) is 6.43. The lowest BCUT2D eigenvalue weighted by Gasteiger charge is -2.38. The van der Waals surface area contributed by atoms with Crippen molar-refractivity contribution in [3.63, 3.8) is 0 Å². The van der Waals surface area contributed by atoms with E-state index in [4.69, 9.17) is 14.2 Å². The lowest BCUT2D eigenvalue weighted by Crippen LogP contribution is -2.43. The predicted molar refractivity (Wildman–Crippen MR) is 118 cm³/mol. The summed E-state index contributed by atoms with van der Waals surface area (Å²) in [7, 11) is 1.25. The van der Waals surface area contributed by atoms with Gasteiger partial charge in [-0.25, -0.2) is 9.18 Å². The van der Waals surface area contributed by atoms with Crippen LogP contribution in [0.15, 0.2) is 46.8 Å². The summed E-state index contributed by atoms with van der Waals surface area (Å²) in [5, 5.41) is 3.19. The molecular weight excluding hydrogens is 429 g/mol. The largest absolute Gasteiger partial charge is 0.468 e. The highest BCUT2D eigenvalue weighted by molar-refractivity contribution is 6.12. The molecule has 1 heterocycles. The molecule has 178 valence electrons. The van der Waals surface area contributed by atoms with Crippen molar-refractivity contribution >= 4 is 17.7 Å². The fourth-order valence-corrected chi connectivity index (χ4v) is 4.46. The normalized spacial score (nSPS) is 22.6. The zero-order valence-corrected chi connectivity index (χ0v) is 19.4. The molecule has 1 aliphatic heterocycles. The van der Waals surface area contributed by atoms with Crippen LogP contribution >= 0.6 is 0 Å². The molecule has 1 N–H and O–H groups in total. The van der Waals surface area contributed by atoms with E-state index in [1.807, 2.05) is 13.8 Å². The van der Waals surface area contributed by atoms with Gasteiger partial charge in [-0.2, -0.15) is 0 Å². The fourth-order valence-electron chi connectivity index (χ4n) is 4.46. The number of dihydropyridines is 1. The van der Waals surface area contributed by atoms with Crippen molar-refractivity contribution < 1.29 is 33.0 Å². The van der Waals surface area contributed by atoms with Gasteiger partial charge < -0.3 is 19.5 Å². The Bertz CT molecular complexity index is 981. The van der Waals surface area contributed by atoms with E-state index in [2.05, 4.69) is 5.32 Å². The van der Waals surface area contributed by atoms with Crippen LogP contribution in [-0.4, -0.2) is 44.7 Å². The van der Waals surface area contributed by atoms with E-state index in [1.165, 1.54) is 19.2 Å². The number of ketones is 1. The van der Waals surface area contributed by atoms with Crippen molar-refractivity contribution in [1.29, 1.82) is 0 Å². The van der Waals surface area contributed by atoms with Crippen LogP contribution in [0, 0.1) is 17.7 Å². The molecule has 1 aromatic carbocycles. The Labute approximate surface area is 193 Å². The molecule has 0 saturated carbocycles. The summed E-state index contributed by atoms with van der Waals surface area (Å²) < 4.78 is 29.4. The van der Waals surface area contributed by atoms with E-state index in [0.717, 1.165) is 6.42 Å². The van der Waals surface area contributed by atoms with Gasteiger partial charge in [0.2, 0.25) is 0 Å². The molecule has 2 aliphatic rings. The maximum Gasteiger partial charge on any atom is 0.336 e. The zero-order valence-electron chi connectivity index (χ0n) is 19.4. The number of esters is 2. The number of nitrogens with one attached hydrogen (secondary N) is 1. The highest BCUT2D eigenvalue weighted by Crippen LogP contribution is 2.45. The van der Waals surface area contributed by atoms with Crippen LogP contribution in [0.25, 0.3) is 0 Å². The smallest absolute Gasteiger partial charge is 0.336 e. The minimum Gasteiger partial charge on any atom is -0.468 e. The Morgan fingerprint density at radius 3 is 2.48 bits per heavy atom. The molecule has 0 spiro atoms. The Kier molecular flexibility index (Phi) is 8.02. The van der Waals surface area contributed by atoms with Crippen molar-refractivity contribution in [3.05, 3.63) is 58.2 Å². The summed E-state index contributed by atoms with van der Waals surface area (Å²) in [4.78, 5) is 39.1. The first-order chi connectivity index (χ1) is 15.8. The molecule has 3 rings (SSSR count). The first-order valence-corrected chi connectivity index (χ1v) is 11.1. The number of ether oxygens (including phenoxy) is 3. The molecule has 0 fully saturated rings. The quantitative estimate of drug-likeness (QED) is 0.362. The summed E-state index contributed by atoms with van der Waals surface area (Å²) in [6, 6.07) is 5.64. The zero-order chi connectivity index (χ0) is 24.1. The molecule has 0 radical (unpaired) electrons. The van der Waals surface area contributed by atoms with Crippen molar-refractivity contribution in [1.82, 2.24) is 5.32 Å². The maximum absolute atomic E-state index is 13.7. The molecule has 3 atom stereocenters. The standard InChI is InChI=1S/C25H30FNO6/c1-5-10-32-11-12-33-25(30)20-15(3)27-18-13-14(2)19(24(29)31-4)23(28)22(18)21(20)16-6-8-17(26)9-7-16/h6-9,14,19,21,27H,5,10-13H2,1-4H3/t14-,19+,21-/m0/s1. The Morgan fingerprint density at radius 1 is 1.15 bits per heavy atom. The molecule has 0 amide bonds. The fraction of sp³-hybridized carbons (Fsp3) is 0.480. The van der Waals surface area contributed by atoms with Gasteiger partial charge in [-0.05, 0) is 43.4 Å². The van der Waals surface area contributed by atoms with Gasteiger partial charge in [0.05, 0.1) is 19.3 Å². The Balaban J connectivity index is 2.01. The predicted octanol–water partition coefficient (Wildman–Crippen LogP) is 3.41. The monoisotopic (exact) mass is 459 g/mol. The molecule has 1 aromatic rings. The molecule has 0 aromatic heterocycles. The van der Waals surface area contributed by atoms with Gasteiger partial charge in [-0.3, -0.25) is 9.59 Å². The number of halogens is 1. The van der Waals surface area contributed by atoms with Crippen LogP contribution in [0.5, 0.6) is 0 Å². The molecule has 0 unspecified atom stereocenters. The Morgan fingerprint density at radius 2 is 1.85 bits per heavy atom. The molecule has 1 aliphatic carbocycles. The molecule has 33 heavy (non-hydrogen) atoms. The summed E-state index contributed by atoms with van der Waals surface area (Å²) in [5.74, 6) is -4.09. The molecule has 0 bridgehead atoms. The molecule has 8 heteroatoms. The molecular formula is C25H30FNO6. The average molecular weight is 460 g/mol. The minimum atomic E-state index is -0.975. The number of benzene rings is 1. The van der Waals surface area contributed by atoms with Crippen LogP contribution < -0.4 is 5.32 Å². The van der Waals surface area contributed by atoms with Gasteiger partial charge >= 0.3 is 11.9 Å². The van der Waals surface area contributed by atoms with Crippen molar-refractivity contribution in [2.45, 2.75) is 39.5 Å². The highest BCUT2D eigenvalue weighted by Gasteiger charge is 2.47. The van der Waals surface area contributed by atoms with Crippen LogP contribution in [0.4, 0.5) is 4.39 Å². The van der Waals surface area contributed by atoms with E-state index in [1.54, 1.807) is 19.1 Å². The number of methoxy groups -OCH3 is 1. The van der Waals surface area contributed by atoms with Crippen molar-refractivity contribution in [3.8, 4) is 0 Å². The van der Waals surface area contributed by atoms with Crippen molar-refractivity contribution in [2.24, 2.45) is 11.8 Å². The number of allylic oxidation sites excluding steroid dienone is 3. The second-order valence-electron chi connectivity index (χ2n) is 8.34. The minimum absolute atomic E-state index is 0.0629. The first kappa shape index (κ1) is 24.6. The van der Waals surface area contributed by atoms with E-state index in [9.17, 15) is 18.8 Å². The van der Waals surface area contributed by atoms with Crippen LogP contribution in [-0.2, 0) is 28.6 Å². The number of hydrogen-bond acceptors (Lipinski definition) is 7. The van der Waals surface area contributed by atoms with E-state index >= 15 is 0 Å². The number of carbonyl (C=O) groups excluding carboxylic acids is 3. The number of rotatable bonds is 8. The molecule has 7 nitrogen and oxygen atoms in total. The Hall–Kier alpha value is -3.00. The topological polar surface area (TPSA) is 90.9 Å². The lowest BCUT2D eigenvalue weighted by molar-refractivity contribution is -0.151. The number of hydrogen-bond donors (Lipinski definition) is 1. The third kappa shape index (κ3) is 5.16. The SMILES string of the molecule is CCCOCCOC(=O)C1=C(C)NC2=C(C(=O)[C@H](C(=O)OC)[C@@H](C)C2)[C@H]1c1ccc(F)cc1. The van der Waals surface area contributed by atoms with E-state index < -0.39 is 35.4 Å². The number of Topliss-reactive ketones (excluding diaryl/α,β-unsaturated/α-hetero) is 1. The summed E-state index contributed by atoms with van der Waals surface area (Å²) >= 11 is 0. The second kappa shape index (κ2) is 10.7. The average Bonchev–Trinajstić information content (AvgIpc) is 2.78. The van der Waals surface area contributed by atoms with Crippen LogP contribution in [0.3, 0.4) is 0 Å². The van der Waals surface area contributed by atoms with Gasteiger partial charge in [-0.15, -0.1) is 0 Å². The maximum atomic E-state index is 13.7. The highest BCUT2D eigenvalue weighted by atomic mass is 19.1. The van der Waals surface area contributed by atoms with Crippen LogP contribution in [0.1, 0.15) is 45.1 Å². The van der Waals surface area contributed by atoms with Gasteiger partial charge in [0.25, 0.3) is 0 Å². The van der Waals surface area contributed by atoms with Gasteiger partial charge in [-0.1, -0.05) is 26.0 Å². The van der Waals surface area contributed by atoms with Crippen LogP contribution in [0.2, 0.25) is 0 Å². The van der Waals surface area contributed by atoms with E-state index in [-0.39, 0.29) is 24.7 Å². The third-order valence-corrected chi connectivity index (χ3v) is 5.98. The lowest BCUT2D eigenvalue weighted by atomic mass is 9.69. The second-order valence-corrected chi connectivity index (χ2v) is 8.34. The van der Waals surface area contributed by atoms with Crippen molar-refractivity contribution in [2.75, 3.05) is 26.9 Å². The van der Waals surface area contributed by atoms with E-state index in [0.29, 0.717) is 35.6 Å². The van der Waals surface area contributed by atoms with Gasteiger partial charge in [0.15, 0.2) is 5.78 Å². The molecule has 0 saturated heterocycles.